The second-order valence-corrected chi connectivity index (χ2v) is 7.73. The first kappa shape index (κ1) is 22.6. The van der Waals surface area contributed by atoms with Crippen LogP contribution in [-0.2, 0) is 19.2 Å². The summed E-state index contributed by atoms with van der Waals surface area (Å²) < 4.78 is 2.40. The number of nitrogens with zero attached hydrogens (tertiary/aromatic N) is 4. The molecule has 160 valence electrons. The van der Waals surface area contributed by atoms with Gasteiger partial charge in [-0.25, -0.2) is 14.6 Å². The maximum atomic E-state index is 11.8. The lowest BCUT2D eigenvalue weighted by atomic mass is 9.92. The quantitative estimate of drug-likeness (QED) is 0.301. The van der Waals surface area contributed by atoms with Crippen molar-refractivity contribution in [2.24, 2.45) is 9.98 Å². The Morgan fingerprint density at radius 3 is 2.00 bits per heavy atom. The molecule has 0 N–H and O–H groups in total. The van der Waals surface area contributed by atoms with Crippen LogP contribution in [0, 0.1) is 13.8 Å². The average Bonchev–Trinajstić information content (AvgIpc) is 2.80. The van der Waals surface area contributed by atoms with Crippen LogP contribution in [0.4, 0.5) is 11.4 Å². The van der Waals surface area contributed by atoms with Gasteiger partial charge < -0.3 is 0 Å². The van der Waals surface area contributed by atoms with E-state index in [-0.39, 0.29) is 12.1 Å². The Balaban J connectivity index is 1.89. The molecule has 3 rings (SSSR count). The molecule has 0 atom stereocenters. The van der Waals surface area contributed by atoms with Gasteiger partial charge >= 0.3 is 12.2 Å². The first-order valence-corrected chi connectivity index (χ1v) is 10.2. The standard InChI is InChI=1S/C24H22N4O4/c1-17-11-19(3-9-23(17)26-14-30)20-4-10-24(18(2)12-20)28(16-32)27(15-31)22-7-5-21(6-8-22)25-13-29/h3-4,9-12,21-22H,5-8H2,1-2H3/q+2. The fourth-order valence-corrected chi connectivity index (χ4v) is 4.08. The predicted molar refractivity (Wildman–Crippen MR) is 115 cm³/mol. The Morgan fingerprint density at radius 1 is 0.812 bits per heavy atom. The highest BCUT2D eigenvalue weighted by Gasteiger charge is 2.39. The maximum Gasteiger partial charge on any atom is 0.503 e. The highest BCUT2D eigenvalue weighted by molar-refractivity contribution is 5.70. The van der Waals surface area contributed by atoms with Gasteiger partial charge in [0.25, 0.3) is 5.69 Å². The number of benzene rings is 2. The molecule has 1 fully saturated rings. The number of aliphatic imine (C=N–C) groups is 2. The number of hydrogen-bond acceptors (Lipinski definition) is 6. The summed E-state index contributed by atoms with van der Waals surface area (Å²) in [6.45, 7) is 3.71. The fraction of sp³-hybridized carbons (Fsp3) is 0.333. The average molecular weight is 430 g/mol. The summed E-state index contributed by atoms with van der Waals surface area (Å²) in [4.78, 5) is 52.0. The minimum atomic E-state index is -0.236. The van der Waals surface area contributed by atoms with Crippen LogP contribution in [0.15, 0.2) is 46.4 Å². The van der Waals surface area contributed by atoms with Crippen molar-refractivity contribution < 1.29 is 28.5 Å². The van der Waals surface area contributed by atoms with Gasteiger partial charge in [-0.2, -0.15) is 14.6 Å². The molecule has 1 saturated carbocycles. The van der Waals surface area contributed by atoms with E-state index in [1.807, 2.05) is 50.3 Å². The molecule has 0 bridgehead atoms. The molecule has 2 aromatic rings. The molecule has 0 saturated heterocycles. The van der Waals surface area contributed by atoms with Gasteiger partial charge in [-0.3, -0.25) is 0 Å². The summed E-state index contributed by atoms with van der Waals surface area (Å²) in [5.41, 5.74) is 4.54. The summed E-state index contributed by atoms with van der Waals surface area (Å²) in [5.74, 6) is 0. The third kappa shape index (κ3) is 4.81. The number of carbonyl (C=O) groups excluding carboxylic acids is 4. The number of hydrogen-bond donors (Lipinski definition) is 0. The third-order valence-electron chi connectivity index (χ3n) is 5.76. The van der Waals surface area contributed by atoms with Crippen LogP contribution in [0.3, 0.4) is 0 Å². The van der Waals surface area contributed by atoms with E-state index in [0.29, 0.717) is 37.1 Å². The molecule has 0 aromatic heterocycles. The Labute approximate surface area is 184 Å². The van der Waals surface area contributed by atoms with Crippen molar-refractivity contribution in [3.05, 3.63) is 47.5 Å². The summed E-state index contributed by atoms with van der Waals surface area (Å²) in [6, 6.07) is 10.7. The van der Waals surface area contributed by atoms with Crippen molar-refractivity contribution in [1.29, 1.82) is 0 Å². The van der Waals surface area contributed by atoms with Crippen LogP contribution in [0.2, 0.25) is 0 Å². The van der Waals surface area contributed by atoms with E-state index in [1.54, 1.807) is 24.3 Å². The normalized spacial score (nSPS) is 17.2. The second kappa shape index (κ2) is 10.3. The molecule has 8 nitrogen and oxygen atoms in total. The second-order valence-electron chi connectivity index (χ2n) is 7.73. The van der Waals surface area contributed by atoms with E-state index in [1.165, 1.54) is 4.68 Å². The molecule has 0 amide bonds. The number of aryl methyl sites for hydroxylation is 2. The number of hydrazine groups is 1. The summed E-state index contributed by atoms with van der Waals surface area (Å²) in [7, 11) is 0. The lowest BCUT2D eigenvalue weighted by Crippen LogP contribution is -2.36. The molecule has 2 aromatic carbocycles. The Kier molecular flexibility index (Phi) is 7.30. The van der Waals surface area contributed by atoms with Crippen molar-refractivity contribution in [1.82, 2.24) is 0 Å². The zero-order chi connectivity index (χ0) is 23.1. The van der Waals surface area contributed by atoms with Crippen molar-refractivity contribution in [3.8, 4) is 11.1 Å². The molecule has 32 heavy (non-hydrogen) atoms. The molecular formula is C24H22N4O4+2. The summed E-state index contributed by atoms with van der Waals surface area (Å²) in [6.07, 6.45) is 9.29. The van der Waals surface area contributed by atoms with Gasteiger partial charge in [-0.1, -0.05) is 6.07 Å². The van der Waals surface area contributed by atoms with Gasteiger partial charge in [-0.15, -0.1) is 0 Å². The monoisotopic (exact) mass is 430 g/mol. The number of isocyanates is 4. The largest absolute Gasteiger partial charge is 0.503 e. The van der Waals surface area contributed by atoms with E-state index in [9.17, 15) is 19.2 Å². The Hall–Kier alpha value is -4.04. The van der Waals surface area contributed by atoms with E-state index in [2.05, 4.69) is 9.98 Å². The molecule has 0 spiro atoms. The summed E-state index contributed by atoms with van der Waals surface area (Å²) >= 11 is 0. The van der Waals surface area contributed by atoms with Gasteiger partial charge in [0.05, 0.1) is 11.7 Å². The lowest BCUT2D eigenvalue weighted by molar-refractivity contribution is -1.09. The van der Waals surface area contributed by atoms with Gasteiger partial charge in [0.1, 0.15) is 4.68 Å². The fourth-order valence-electron chi connectivity index (χ4n) is 4.08. The molecule has 0 aliphatic heterocycles. The van der Waals surface area contributed by atoms with Gasteiger partial charge in [0.15, 0.2) is 4.68 Å². The molecular weight excluding hydrogens is 408 g/mol. The van der Waals surface area contributed by atoms with Crippen molar-refractivity contribution in [2.45, 2.75) is 51.6 Å². The zero-order valence-corrected chi connectivity index (χ0v) is 17.9. The topological polar surface area (TPSA) is 99.0 Å². The molecule has 0 heterocycles. The van der Waals surface area contributed by atoms with Crippen LogP contribution in [0.25, 0.3) is 11.1 Å². The maximum absolute atomic E-state index is 11.8. The molecule has 0 radical (unpaired) electrons. The molecule has 8 heteroatoms. The van der Waals surface area contributed by atoms with Gasteiger partial charge in [0.2, 0.25) is 18.2 Å². The number of rotatable bonds is 6. The van der Waals surface area contributed by atoms with E-state index >= 15 is 0 Å². The van der Waals surface area contributed by atoms with E-state index in [0.717, 1.165) is 26.9 Å². The Bertz CT molecular complexity index is 1230. The first-order chi connectivity index (χ1) is 15.5. The minimum Gasteiger partial charge on any atom is -0.211 e. The SMILES string of the molecule is Cc1cc(-c2ccc([N+](=C=O)[N+](=C=O)C3CCC(N=C=O)CC3)c(C)c2)ccc1N=C=O. The number of hydrazone groups is 2. The first-order valence-electron chi connectivity index (χ1n) is 10.2. The minimum absolute atomic E-state index is 0.0981. The molecule has 1 aliphatic carbocycles. The van der Waals surface area contributed by atoms with Crippen LogP contribution in [0.5, 0.6) is 0 Å². The van der Waals surface area contributed by atoms with E-state index < -0.39 is 0 Å². The Morgan fingerprint density at radius 2 is 1.47 bits per heavy atom. The third-order valence-corrected chi connectivity index (χ3v) is 5.76. The van der Waals surface area contributed by atoms with Crippen LogP contribution in [-0.4, -0.2) is 45.8 Å². The van der Waals surface area contributed by atoms with Crippen molar-refractivity contribution in [3.63, 3.8) is 0 Å². The predicted octanol–water partition coefficient (Wildman–Crippen LogP) is 3.83. The van der Waals surface area contributed by atoms with Gasteiger partial charge in [-0.05, 0) is 67.6 Å². The van der Waals surface area contributed by atoms with Crippen LogP contribution >= 0.6 is 0 Å². The zero-order valence-electron chi connectivity index (χ0n) is 17.9. The van der Waals surface area contributed by atoms with E-state index in [4.69, 9.17) is 0 Å². The highest BCUT2D eigenvalue weighted by Crippen LogP contribution is 2.31. The molecule has 1 aliphatic rings. The van der Waals surface area contributed by atoms with Crippen molar-refractivity contribution >= 4 is 35.7 Å². The lowest BCUT2D eigenvalue weighted by Gasteiger charge is -2.18. The van der Waals surface area contributed by atoms with Gasteiger partial charge in [0, 0.05) is 24.5 Å². The van der Waals surface area contributed by atoms with Crippen LogP contribution in [0.1, 0.15) is 36.8 Å². The van der Waals surface area contributed by atoms with Crippen LogP contribution < -0.4 is 0 Å². The molecule has 0 unspecified atom stereocenters. The summed E-state index contributed by atoms with van der Waals surface area (Å²) in [5, 5.41) is 0. The smallest absolute Gasteiger partial charge is 0.211 e. The van der Waals surface area contributed by atoms with Crippen molar-refractivity contribution in [2.75, 3.05) is 0 Å². The highest BCUT2D eigenvalue weighted by atomic mass is 16.1.